The average molecular weight is 396 g/mol. The van der Waals surface area contributed by atoms with Crippen LogP contribution in [0.3, 0.4) is 0 Å². The van der Waals surface area contributed by atoms with Crippen LogP contribution in [0.5, 0.6) is 0 Å². The van der Waals surface area contributed by atoms with Gasteiger partial charge >= 0.3 is 5.97 Å². The third-order valence-electron chi connectivity index (χ3n) is 3.93. The Morgan fingerprint density at radius 3 is 2.46 bits per heavy atom. The van der Waals surface area contributed by atoms with Crippen molar-refractivity contribution in [1.82, 2.24) is 0 Å². The number of halogens is 2. The lowest BCUT2D eigenvalue weighted by molar-refractivity contribution is -0.131. The molecule has 4 nitrogen and oxygen atoms in total. The first kappa shape index (κ1) is 19.3. The van der Waals surface area contributed by atoms with Gasteiger partial charge in [0.25, 0.3) is 5.91 Å². The number of nitrogens with one attached hydrogen (secondary N) is 1. The summed E-state index contributed by atoms with van der Waals surface area (Å²) in [6.45, 7) is 0. The number of rotatable bonds is 5. The second kappa shape index (κ2) is 8.50. The fraction of sp³-hybridized carbons (Fsp3) is 0. The molecule has 0 aliphatic heterocycles. The van der Waals surface area contributed by atoms with Crippen molar-refractivity contribution in [2.45, 2.75) is 0 Å². The van der Waals surface area contributed by atoms with Crippen molar-refractivity contribution >= 4 is 35.2 Å². The van der Waals surface area contributed by atoms with E-state index in [1.807, 2.05) is 6.07 Å². The molecule has 0 aromatic heterocycles. The van der Waals surface area contributed by atoms with Crippen LogP contribution in [0.1, 0.15) is 15.9 Å². The predicted molar refractivity (Wildman–Crippen MR) is 108 cm³/mol. The summed E-state index contributed by atoms with van der Waals surface area (Å²) in [5.74, 6) is -2.33. The van der Waals surface area contributed by atoms with Crippen molar-refractivity contribution in [1.29, 1.82) is 0 Å². The number of benzene rings is 3. The maximum atomic E-state index is 14.2. The number of anilines is 1. The first-order valence-electron chi connectivity index (χ1n) is 8.30. The molecule has 0 saturated heterocycles. The van der Waals surface area contributed by atoms with Gasteiger partial charge in [0.2, 0.25) is 0 Å². The Labute approximate surface area is 165 Å². The van der Waals surface area contributed by atoms with E-state index >= 15 is 0 Å². The summed E-state index contributed by atoms with van der Waals surface area (Å²) >= 11 is 6.00. The molecule has 0 saturated carbocycles. The fourth-order valence-corrected chi connectivity index (χ4v) is 2.82. The molecule has 0 aliphatic rings. The largest absolute Gasteiger partial charge is 0.478 e. The van der Waals surface area contributed by atoms with Crippen molar-refractivity contribution in [2.24, 2.45) is 0 Å². The number of hydrogen-bond donors (Lipinski definition) is 2. The van der Waals surface area contributed by atoms with E-state index in [-0.39, 0.29) is 5.56 Å². The standard InChI is InChI=1S/C22H15ClFNO3/c23-17-5-2-4-15(12-17)16-8-9-20(24)19(13-16)22(28)25-18-6-1-3-14(11-18)7-10-21(26)27/h1-13H,(H,25,28)(H,26,27). The zero-order chi connectivity index (χ0) is 20.1. The van der Waals surface area contributed by atoms with E-state index in [0.29, 0.717) is 21.8 Å². The molecule has 0 aliphatic carbocycles. The Hall–Kier alpha value is -3.44. The van der Waals surface area contributed by atoms with E-state index in [9.17, 15) is 14.0 Å². The molecule has 2 N–H and O–H groups in total. The Morgan fingerprint density at radius 2 is 1.71 bits per heavy atom. The topological polar surface area (TPSA) is 66.4 Å². The van der Waals surface area contributed by atoms with Gasteiger partial charge in [-0.05, 0) is 59.2 Å². The zero-order valence-electron chi connectivity index (χ0n) is 14.5. The molecule has 0 unspecified atom stereocenters. The molecule has 3 aromatic carbocycles. The third kappa shape index (κ3) is 4.84. The second-order valence-electron chi connectivity index (χ2n) is 5.96. The molecule has 28 heavy (non-hydrogen) atoms. The first-order chi connectivity index (χ1) is 13.4. The molecule has 0 atom stereocenters. The number of carbonyl (C=O) groups is 2. The Bertz CT molecular complexity index is 1080. The van der Waals surface area contributed by atoms with Gasteiger partial charge in [0.05, 0.1) is 5.56 Å². The number of aliphatic carboxylic acids is 1. The van der Waals surface area contributed by atoms with Gasteiger partial charge < -0.3 is 10.4 Å². The molecule has 1 amide bonds. The summed E-state index contributed by atoms with van der Waals surface area (Å²) in [6, 6.07) is 17.9. The van der Waals surface area contributed by atoms with Crippen LogP contribution in [0.4, 0.5) is 10.1 Å². The number of amides is 1. The van der Waals surface area contributed by atoms with E-state index in [1.165, 1.54) is 18.2 Å². The van der Waals surface area contributed by atoms with Gasteiger partial charge in [0.1, 0.15) is 5.82 Å². The molecular formula is C22H15ClFNO3. The molecule has 0 fully saturated rings. The van der Waals surface area contributed by atoms with E-state index in [4.69, 9.17) is 16.7 Å². The van der Waals surface area contributed by atoms with Crippen molar-refractivity contribution in [3.63, 3.8) is 0 Å². The van der Waals surface area contributed by atoms with Gasteiger partial charge in [-0.2, -0.15) is 0 Å². The minimum absolute atomic E-state index is 0.107. The normalized spacial score (nSPS) is 10.8. The summed E-state index contributed by atoms with van der Waals surface area (Å²) in [5, 5.41) is 11.9. The highest BCUT2D eigenvalue weighted by Crippen LogP contribution is 2.25. The van der Waals surface area contributed by atoms with Crippen molar-refractivity contribution < 1.29 is 19.1 Å². The van der Waals surface area contributed by atoms with Crippen LogP contribution in [-0.2, 0) is 4.79 Å². The summed E-state index contributed by atoms with van der Waals surface area (Å²) < 4.78 is 14.2. The highest BCUT2D eigenvalue weighted by molar-refractivity contribution is 6.30. The number of carboxylic acid groups (broad SMARTS) is 1. The Balaban J connectivity index is 1.86. The third-order valence-corrected chi connectivity index (χ3v) is 4.17. The lowest BCUT2D eigenvalue weighted by Crippen LogP contribution is -2.14. The molecule has 3 aromatic rings. The zero-order valence-corrected chi connectivity index (χ0v) is 15.3. The van der Waals surface area contributed by atoms with Crippen LogP contribution in [0.15, 0.2) is 72.8 Å². The lowest BCUT2D eigenvalue weighted by Gasteiger charge is -2.09. The van der Waals surface area contributed by atoms with E-state index in [0.717, 1.165) is 11.6 Å². The second-order valence-corrected chi connectivity index (χ2v) is 6.39. The summed E-state index contributed by atoms with van der Waals surface area (Å²) in [7, 11) is 0. The maximum absolute atomic E-state index is 14.2. The van der Waals surface area contributed by atoms with Gasteiger partial charge in [-0.1, -0.05) is 41.9 Å². The molecular weight excluding hydrogens is 381 g/mol. The summed E-state index contributed by atoms with van der Waals surface area (Å²) in [4.78, 5) is 23.2. The first-order valence-corrected chi connectivity index (χ1v) is 8.68. The SMILES string of the molecule is O=C(O)C=Cc1cccc(NC(=O)c2cc(-c3cccc(Cl)c3)ccc2F)c1. The molecule has 0 spiro atoms. The minimum atomic E-state index is -1.07. The molecule has 6 heteroatoms. The van der Waals surface area contributed by atoms with E-state index in [1.54, 1.807) is 48.5 Å². The minimum Gasteiger partial charge on any atom is -0.478 e. The Kier molecular flexibility index (Phi) is 5.87. The van der Waals surface area contributed by atoms with Gasteiger partial charge in [0.15, 0.2) is 0 Å². The van der Waals surface area contributed by atoms with E-state index in [2.05, 4.69) is 5.32 Å². The maximum Gasteiger partial charge on any atom is 0.328 e. The highest BCUT2D eigenvalue weighted by Gasteiger charge is 2.14. The summed E-state index contributed by atoms with van der Waals surface area (Å²) in [6.07, 6.45) is 2.40. The van der Waals surface area contributed by atoms with Crippen molar-refractivity contribution in [3.8, 4) is 11.1 Å². The molecule has 0 radical (unpaired) electrons. The average Bonchev–Trinajstić information content (AvgIpc) is 2.67. The van der Waals surface area contributed by atoms with Gasteiger partial charge in [-0.15, -0.1) is 0 Å². The van der Waals surface area contributed by atoms with Crippen LogP contribution < -0.4 is 5.32 Å². The fourth-order valence-electron chi connectivity index (χ4n) is 2.63. The van der Waals surface area contributed by atoms with Crippen molar-refractivity contribution in [3.05, 3.63) is 94.8 Å². The van der Waals surface area contributed by atoms with Crippen LogP contribution in [0, 0.1) is 5.82 Å². The van der Waals surface area contributed by atoms with Gasteiger partial charge in [0, 0.05) is 16.8 Å². The number of carboxylic acids is 1. The quantitative estimate of drug-likeness (QED) is 0.561. The van der Waals surface area contributed by atoms with Gasteiger partial charge in [-0.25, -0.2) is 9.18 Å². The van der Waals surface area contributed by atoms with Crippen LogP contribution in [0.25, 0.3) is 17.2 Å². The predicted octanol–water partition coefficient (Wildman–Crippen LogP) is 5.50. The monoisotopic (exact) mass is 395 g/mol. The molecule has 140 valence electrons. The molecule has 0 heterocycles. The smallest absolute Gasteiger partial charge is 0.328 e. The number of carbonyl (C=O) groups excluding carboxylic acids is 1. The van der Waals surface area contributed by atoms with Crippen LogP contribution >= 0.6 is 11.6 Å². The molecule has 0 bridgehead atoms. The Morgan fingerprint density at radius 1 is 0.964 bits per heavy atom. The molecule has 3 rings (SSSR count). The van der Waals surface area contributed by atoms with Crippen molar-refractivity contribution in [2.75, 3.05) is 5.32 Å². The van der Waals surface area contributed by atoms with Crippen LogP contribution in [0.2, 0.25) is 5.02 Å². The lowest BCUT2D eigenvalue weighted by atomic mass is 10.0. The van der Waals surface area contributed by atoms with Gasteiger partial charge in [-0.3, -0.25) is 4.79 Å². The summed E-state index contributed by atoms with van der Waals surface area (Å²) in [5.41, 5.74) is 2.33. The van der Waals surface area contributed by atoms with E-state index < -0.39 is 17.7 Å². The highest BCUT2D eigenvalue weighted by atomic mass is 35.5. The van der Waals surface area contributed by atoms with Crippen LogP contribution in [-0.4, -0.2) is 17.0 Å². The number of hydrogen-bond acceptors (Lipinski definition) is 2.